The fourth-order valence-electron chi connectivity index (χ4n) is 1.88. The number of likely N-dealkylation sites (N-methyl/N-ethyl adjacent to an activating group) is 1. The van der Waals surface area contributed by atoms with E-state index in [0.29, 0.717) is 5.56 Å². The Balaban J connectivity index is 2.15. The summed E-state index contributed by atoms with van der Waals surface area (Å²) in [7, 11) is 1.57. The highest BCUT2D eigenvalue weighted by Crippen LogP contribution is 2.13. The van der Waals surface area contributed by atoms with Crippen molar-refractivity contribution in [2.75, 3.05) is 20.1 Å². The Morgan fingerprint density at radius 3 is 2.74 bits per heavy atom. The van der Waals surface area contributed by atoms with E-state index in [4.69, 9.17) is 5.26 Å². The van der Waals surface area contributed by atoms with Crippen LogP contribution in [0, 0.1) is 17.1 Å². The van der Waals surface area contributed by atoms with E-state index in [1.165, 1.54) is 28.0 Å². The molecule has 1 saturated heterocycles. The summed E-state index contributed by atoms with van der Waals surface area (Å²) in [5, 5.41) is 8.75. The van der Waals surface area contributed by atoms with Gasteiger partial charge in [-0.05, 0) is 17.7 Å². The van der Waals surface area contributed by atoms with Crippen LogP contribution in [0.15, 0.2) is 18.2 Å². The molecule has 0 aliphatic carbocycles. The fourth-order valence-corrected chi connectivity index (χ4v) is 1.88. The van der Waals surface area contributed by atoms with E-state index in [9.17, 15) is 14.0 Å². The molecule has 1 aromatic rings. The summed E-state index contributed by atoms with van der Waals surface area (Å²) in [5.74, 6) is -0.890. The van der Waals surface area contributed by atoms with E-state index in [2.05, 4.69) is 0 Å². The standard InChI is InChI=1S/C13H12FN3O2/c1-16-7-13(19)17(8-12(16)18)6-9-2-3-11(14)10(4-9)5-15/h2-4H,6-8H2,1H3. The highest BCUT2D eigenvalue weighted by molar-refractivity contribution is 5.92. The lowest BCUT2D eigenvalue weighted by atomic mass is 10.1. The maximum Gasteiger partial charge on any atom is 0.242 e. The number of halogens is 1. The Kier molecular flexibility index (Phi) is 3.47. The third kappa shape index (κ3) is 2.71. The van der Waals surface area contributed by atoms with Crippen molar-refractivity contribution in [3.63, 3.8) is 0 Å². The zero-order valence-electron chi connectivity index (χ0n) is 10.4. The molecule has 1 aliphatic rings. The smallest absolute Gasteiger partial charge is 0.242 e. The molecule has 0 bridgehead atoms. The highest BCUT2D eigenvalue weighted by Gasteiger charge is 2.27. The lowest BCUT2D eigenvalue weighted by molar-refractivity contribution is -0.149. The number of benzene rings is 1. The van der Waals surface area contributed by atoms with Gasteiger partial charge in [-0.15, -0.1) is 0 Å². The average Bonchev–Trinajstić information content (AvgIpc) is 2.38. The minimum Gasteiger partial charge on any atom is -0.335 e. The van der Waals surface area contributed by atoms with Crippen molar-refractivity contribution in [2.45, 2.75) is 6.54 Å². The van der Waals surface area contributed by atoms with E-state index in [0.717, 1.165) is 0 Å². The summed E-state index contributed by atoms with van der Waals surface area (Å²) in [4.78, 5) is 26.1. The maximum absolute atomic E-state index is 13.2. The van der Waals surface area contributed by atoms with Crippen LogP contribution in [0.2, 0.25) is 0 Å². The first kappa shape index (κ1) is 13.0. The third-order valence-electron chi connectivity index (χ3n) is 3.00. The van der Waals surface area contributed by atoms with Crippen molar-refractivity contribution < 1.29 is 14.0 Å². The Labute approximate surface area is 109 Å². The van der Waals surface area contributed by atoms with Gasteiger partial charge in [-0.25, -0.2) is 4.39 Å². The molecular formula is C13H12FN3O2. The first-order valence-electron chi connectivity index (χ1n) is 5.71. The summed E-state index contributed by atoms with van der Waals surface area (Å²) in [6, 6.07) is 5.84. The molecule has 1 aliphatic heterocycles. The molecule has 19 heavy (non-hydrogen) atoms. The highest BCUT2D eigenvalue weighted by atomic mass is 19.1. The van der Waals surface area contributed by atoms with Gasteiger partial charge in [-0.2, -0.15) is 5.26 Å². The lowest BCUT2D eigenvalue weighted by Gasteiger charge is -2.31. The van der Waals surface area contributed by atoms with E-state index in [1.807, 2.05) is 0 Å². The number of hydrogen-bond acceptors (Lipinski definition) is 3. The normalized spacial score (nSPS) is 15.6. The number of carbonyl (C=O) groups is 2. The summed E-state index contributed by atoms with van der Waals surface area (Å²) < 4.78 is 13.2. The van der Waals surface area contributed by atoms with E-state index < -0.39 is 5.82 Å². The van der Waals surface area contributed by atoms with Crippen molar-refractivity contribution in [1.82, 2.24) is 9.80 Å². The molecule has 6 heteroatoms. The number of rotatable bonds is 2. The molecule has 98 valence electrons. The molecule has 1 aromatic carbocycles. The Morgan fingerprint density at radius 1 is 1.32 bits per heavy atom. The molecule has 2 amide bonds. The topological polar surface area (TPSA) is 64.4 Å². The first-order valence-corrected chi connectivity index (χ1v) is 5.71. The molecule has 0 atom stereocenters. The van der Waals surface area contributed by atoms with Crippen LogP contribution in [0.25, 0.3) is 0 Å². The fraction of sp³-hybridized carbons (Fsp3) is 0.308. The second-order valence-electron chi connectivity index (χ2n) is 4.43. The van der Waals surface area contributed by atoms with Gasteiger partial charge >= 0.3 is 0 Å². The van der Waals surface area contributed by atoms with Crippen molar-refractivity contribution in [2.24, 2.45) is 0 Å². The number of amides is 2. The Hall–Kier alpha value is -2.42. The molecule has 0 aromatic heterocycles. The number of nitriles is 1. The van der Waals surface area contributed by atoms with Gasteiger partial charge in [-0.3, -0.25) is 9.59 Å². The molecule has 0 saturated carbocycles. The second kappa shape index (κ2) is 5.06. The molecule has 0 N–H and O–H groups in total. The average molecular weight is 261 g/mol. The largest absolute Gasteiger partial charge is 0.335 e. The molecule has 0 radical (unpaired) electrons. The first-order chi connectivity index (χ1) is 9.01. The Bertz CT molecular complexity index is 580. The summed E-state index contributed by atoms with van der Waals surface area (Å²) >= 11 is 0. The Morgan fingerprint density at radius 2 is 2.05 bits per heavy atom. The molecule has 1 fully saturated rings. The van der Waals surface area contributed by atoms with Gasteiger partial charge < -0.3 is 9.80 Å². The number of hydrogen-bond donors (Lipinski definition) is 0. The minimum atomic E-state index is -0.591. The van der Waals surface area contributed by atoms with Crippen LogP contribution in [-0.2, 0) is 16.1 Å². The maximum atomic E-state index is 13.2. The van der Waals surface area contributed by atoms with Crippen LogP contribution in [-0.4, -0.2) is 41.8 Å². The summed E-state index contributed by atoms with van der Waals surface area (Å²) in [5.41, 5.74) is 0.564. The van der Waals surface area contributed by atoms with Gasteiger partial charge in [-0.1, -0.05) is 6.07 Å². The van der Waals surface area contributed by atoms with Crippen molar-refractivity contribution in [3.8, 4) is 6.07 Å². The molecule has 1 heterocycles. The zero-order chi connectivity index (χ0) is 14.0. The van der Waals surface area contributed by atoms with Crippen LogP contribution < -0.4 is 0 Å². The van der Waals surface area contributed by atoms with Crippen molar-refractivity contribution in [3.05, 3.63) is 35.1 Å². The quantitative estimate of drug-likeness (QED) is 0.778. The number of carbonyl (C=O) groups excluding carboxylic acids is 2. The molecular weight excluding hydrogens is 249 g/mol. The number of piperazine rings is 1. The van der Waals surface area contributed by atoms with Crippen LogP contribution in [0.3, 0.4) is 0 Å². The van der Waals surface area contributed by atoms with E-state index in [1.54, 1.807) is 13.1 Å². The van der Waals surface area contributed by atoms with Gasteiger partial charge in [0.1, 0.15) is 18.4 Å². The predicted molar refractivity (Wildman–Crippen MR) is 64.2 cm³/mol. The monoisotopic (exact) mass is 261 g/mol. The van der Waals surface area contributed by atoms with Crippen LogP contribution >= 0.6 is 0 Å². The zero-order valence-corrected chi connectivity index (χ0v) is 10.4. The molecule has 2 rings (SSSR count). The lowest BCUT2D eigenvalue weighted by Crippen LogP contribution is -2.51. The second-order valence-corrected chi connectivity index (χ2v) is 4.43. The SMILES string of the molecule is CN1CC(=O)N(Cc2ccc(F)c(C#N)c2)CC1=O. The van der Waals surface area contributed by atoms with E-state index >= 15 is 0 Å². The molecule has 0 spiro atoms. The van der Waals surface area contributed by atoms with Gasteiger partial charge in [0, 0.05) is 13.6 Å². The number of nitrogens with zero attached hydrogens (tertiary/aromatic N) is 3. The van der Waals surface area contributed by atoms with Crippen LogP contribution in [0.4, 0.5) is 4.39 Å². The third-order valence-corrected chi connectivity index (χ3v) is 3.00. The van der Waals surface area contributed by atoms with Crippen LogP contribution in [0.1, 0.15) is 11.1 Å². The molecule has 0 unspecified atom stereocenters. The van der Waals surface area contributed by atoms with Gasteiger partial charge in [0.25, 0.3) is 0 Å². The molecule has 5 nitrogen and oxygen atoms in total. The van der Waals surface area contributed by atoms with Crippen LogP contribution in [0.5, 0.6) is 0 Å². The van der Waals surface area contributed by atoms with E-state index in [-0.39, 0.29) is 37.0 Å². The summed E-state index contributed by atoms with van der Waals surface area (Å²) in [6.45, 7) is 0.257. The van der Waals surface area contributed by atoms with Gasteiger partial charge in [0.2, 0.25) is 11.8 Å². The summed E-state index contributed by atoms with van der Waals surface area (Å²) in [6.07, 6.45) is 0. The van der Waals surface area contributed by atoms with Gasteiger partial charge in [0.05, 0.1) is 12.1 Å². The predicted octanol–water partition coefficient (Wildman–Crippen LogP) is 0.498. The van der Waals surface area contributed by atoms with Crippen molar-refractivity contribution in [1.29, 1.82) is 5.26 Å². The minimum absolute atomic E-state index is 0.00853. The van der Waals surface area contributed by atoms with Crippen molar-refractivity contribution >= 4 is 11.8 Å². The van der Waals surface area contributed by atoms with Gasteiger partial charge in [0.15, 0.2) is 0 Å².